The van der Waals surface area contributed by atoms with Crippen LogP contribution in [-0.4, -0.2) is 22.6 Å². The van der Waals surface area contributed by atoms with E-state index in [2.05, 4.69) is 27.1 Å². The third kappa shape index (κ3) is 5.51. The number of aromatic nitrogens is 2. The van der Waals surface area contributed by atoms with Crippen molar-refractivity contribution >= 4 is 11.9 Å². The molecule has 22 heavy (non-hydrogen) atoms. The van der Waals surface area contributed by atoms with Crippen LogP contribution in [0.3, 0.4) is 0 Å². The second-order valence-corrected chi connectivity index (χ2v) is 4.37. The Kier molecular flexibility index (Phi) is 5.76. The van der Waals surface area contributed by atoms with Gasteiger partial charge in [-0.2, -0.15) is 0 Å². The summed E-state index contributed by atoms with van der Waals surface area (Å²) in [6.45, 7) is 0.655. The van der Waals surface area contributed by atoms with Gasteiger partial charge in [0.2, 0.25) is 0 Å². The van der Waals surface area contributed by atoms with E-state index in [1.165, 1.54) is 12.4 Å². The maximum atomic E-state index is 11.5. The van der Waals surface area contributed by atoms with Gasteiger partial charge in [0.1, 0.15) is 18.1 Å². The summed E-state index contributed by atoms with van der Waals surface area (Å²) in [6.07, 6.45) is 2.98. The van der Waals surface area contributed by atoms with Crippen molar-refractivity contribution in [2.24, 2.45) is 0 Å². The van der Waals surface area contributed by atoms with Gasteiger partial charge in [0.25, 0.3) is 0 Å². The number of ether oxygens (including phenoxy) is 1. The first-order chi connectivity index (χ1) is 10.7. The zero-order valence-electron chi connectivity index (χ0n) is 12.0. The Balaban J connectivity index is 1.64. The number of nitrogens with zero attached hydrogens (tertiary/aromatic N) is 2. The van der Waals surface area contributed by atoms with Gasteiger partial charge in [0.05, 0.1) is 12.4 Å². The predicted molar refractivity (Wildman–Crippen MR) is 82.6 cm³/mol. The summed E-state index contributed by atoms with van der Waals surface area (Å²) in [7, 11) is 0. The molecule has 0 aliphatic heterocycles. The zero-order valence-corrected chi connectivity index (χ0v) is 12.0. The maximum absolute atomic E-state index is 11.5. The van der Waals surface area contributed by atoms with Crippen LogP contribution < -0.4 is 11.1 Å². The van der Waals surface area contributed by atoms with E-state index < -0.39 is 6.09 Å². The van der Waals surface area contributed by atoms with Gasteiger partial charge < -0.3 is 15.8 Å². The molecule has 0 bridgehead atoms. The van der Waals surface area contributed by atoms with E-state index in [9.17, 15) is 4.79 Å². The minimum Gasteiger partial charge on any atom is -0.445 e. The molecule has 6 heteroatoms. The number of hydrogen-bond donors (Lipinski definition) is 2. The Labute approximate surface area is 128 Å². The van der Waals surface area contributed by atoms with Crippen LogP contribution in [-0.2, 0) is 11.3 Å². The van der Waals surface area contributed by atoms with E-state index in [0.29, 0.717) is 24.5 Å². The van der Waals surface area contributed by atoms with Gasteiger partial charge in [-0.25, -0.2) is 14.8 Å². The van der Waals surface area contributed by atoms with E-state index in [1.54, 1.807) is 0 Å². The van der Waals surface area contributed by atoms with Crippen molar-refractivity contribution in [1.82, 2.24) is 15.3 Å². The first kappa shape index (κ1) is 15.3. The number of benzene rings is 1. The highest BCUT2D eigenvalue weighted by Crippen LogP contribution is 2.00. The van der Waals surface area contributed by atoms with E-state index in [0.717, 1.165) is 5.56 Å². The van der Waals surface area contributed by atoms with Crippen LogP contribution in [0, 0.1) is 11.8 Å². The lowest BCUT2D eigenvalue weighted by molar-refractivity contribution is 0.140. The van der Waals surface area contributed by atoms with Crippen LogP contribution in [0.2, 0.25) is 0 Å². The van der Waals surface area contributed by atoms with Crippen molar-refractivity contribution in [3.8, 4) is 11.8 Å². The van der Waals surface area contributed by atoms with Crippen molar-refractivity contribution in [2.45, 2.75) is 13.0 Å². The lowest BCUT2D eigenvalue weighted by atomic mass is 10.2. The summed E-state index contributed by atoms with van der Waals surface area (Å²) in [5.41, 5.74) is 6.91. The SMILES string of the molecule is Nc1cnc(C#CCCNC(=O)OCc2ccccc2)cn1. The van der Waals surface area contributed by atoms with Gasteiger partial charge in [0, 0.05) is 13.0 Å². The molecule has 1 aromatic carbocycles. The van der Waals surface area contributed by atoms with Crippen LogP contribution in [0.1, 0.15) is 17.7 Å². The molecule has 0 aliphatic rings. The Bertz CT molecular complexity index is 660. The minimum atomic E-state index is -0.460. The average Bonchev–Trinajstić information content (AvgIpc) is 2.55. The Hall–Kier alpha value is -3.07. The monoisotopic (exact) mass is 296 g/mol. The molecule has 0 aliphatic carbocycles. The molecule has 0 fully saturated rings. The molecule has 0 spiro atoms. The summed E-state index contributed by atoms with van der Waals surface area (Å²) < 4.78 is 5.07. The Morgan fingerprint density at radius 3 is 2.77 bits per heavy atom. The molecule has 3 N–H and O–H groups in total. The molecule has 112 valence electrons. The topological polar surface area (TPSA) is 90.1 Å². The lowest BCUT2D eigenvalue weighted by Crippen LogP contribution is -2.24. The van der Waals surface area contributed by atoms with E-state index in [-0.39, 0.29) is 6.61 Å². The molecule has 0 unspecified atom stereocenters. The smallest absolute Gasteiger partial charge is 0.407 e. The second kappa shape index (κ2) is 8.27. The largest absolute Gasteiger partial charge is 0.445 e. The molecule has 0 saturated heterocycles. The highest BCUT2D eigenvalue weighted by molar-refractivity contribution is 5.67. The molecular formula is C16H16N4O2. The number of alkyl carbamates (subject to hydrolysis) is 1. The number of nitrogen functional groups attached to an aromatic ring is 1. The number of amides is 1. The lowest BCUT2D eigenvalue weighted by Gasteiger charge is -2.05. The third-order valence-corrected chi connectivity index (χ3v) is 2.62. The highest BCUT2D eigenvalue weighted by Gasteiger charge is 2.00. The molecule has 1 heterocycles. The third-order valence-electron chi connectivity index (χ3n) is 2.62. The van der Waals surface area contributed by atoms with Crippen molar-refractivity contribution < 1.29 is 9.53 Å². The van der Waals surface area contributed by atoms with E-state index >= 15 is 0 Å². The molecule has 2 aromatic rings. The summed E-state index contributed by atoms with van der Waals surface area (Å²) in [5, 5.41) is 2.63. The second-order valence-electron chi connectivity index (χ2n) is 4.37. The van der Waals surface area contributed by atoms with Crippen LogP contribution in [0.25, 0.3) is 0 Å². The molecule has 2 rings (SSSR count). The fraction of sp³-hybridized carbons (Fsp3) is 0.188. The molecular weight excluding hydrogens is 280 g/mol. The number of carbonyl (C=O) groups excluding carboxylic acids is 1. The molecule has 1 aromatic heterocycles. The molecule has 1 amide bonds. The van der Waals surface area contributed by atoms with Crippen molar-refractivity contribution in [3.63, 3.8) is 0 Å². The quantitative estimate of drug-likeness (QED) is 0.662. The van der Waals surface area contributed by atoms with E-state index in [4.69, 9.17) is 10.5 Å². The number of hydrogen-bond acceptors (Lipinski definition) is 5. The predicted octanol–water partition coefficient (Wildman–Crippen LogP) is 1.73. The fourth-order valence-electron chi connectivity index (χ4n) is 1.56. The van der Waals surface area contributed by atoms with Crippen molar-refractivity contribution in [2.75, 3.05) is 12.3 Å². The van der Waals surface area contributed by atoms with Crippen LogP contribution in [0.4, 0.5) is 10.6 Å². The normalized spacial score (nSPS) is 9.45. The average molecular weight is 296 g/mol. The number of nitrogens with two attached hydrogens (primary N) is 1. The molecule has 6 nitrogen and oxygen atoms in total. The van der Waals surface area contributed by atoms with Gasteiger partial charge >= 0.3 is 6.09 Å². The van der Waals surface area contributed by atoms with E-state index in [1.807, 2.05) is 30.3 Å². The first-order valence-corrected chi connectivity index (χ1v) is 6.75. The van der Waals surface area contributed by atoms with Gasteiger partial charge in [-0.1, -0.05) is 36.3 Å². The van der Waals surface area contributed by atoms with Gasteiger partial charge in [-0.3, -0.25) is 0 Å². The number of nitrogens with one attached hydrogen (secondary N) is 1. The Morgan fingerprint density at radius 2 is 2.05 bits per heavy atom. The van der Waals surface area contributed by atoms with Gasteiger partial charge in [-0.15, -0.1) is 0 Å². The summed E-state index contributed by atoms with van der Waals surface area (Å²) >= 11 is 0. The van der Waals surface area contributed by atoms with Crippen LogP contribution in [0.5, 0.6) is 0 Å². The fourth-order valence-corrected chi connectivity index (χ4v) is 1.56. The van der Waals surface area contributed by atoms with Gasteiger partial charge in [-0.05, 0) is 11.5 Å². The first-order valence-electron chi connectivity index (χ1n) is 6.75. The molecule has 0 radical (unpaired) electrons. The molecule has 0 atom stereocenters. The van der Waals surface area contributed by atoms with Crippen LogP contribution in [0.15, 0.2) is 42.7 Å². The number of carbonyl (C=O) groups is 1. The summed E-state index contributed by atoms with van der Waals surface area (Å²) in [5.74, 6) is 6.07. The maximum Gasteiger partial charge on any atom is 0.407 e. The Morgan fingerprint density at radius 1 is 1.23 bits per heavy atom. The number of anilines is 1. The minimum absolute atomic E-state index is 0.249. The van der Waals surface area contributed by atoms with Gasteiger partial charge in [0.15, 0.2) is 0 Å². The standard InChI is InChI=1S/C16H16N4O2/c17-15-11-19-14(10-20-15)8-4-5-9-18-16(21)22-12-13-6-2-1-3-7-13/h1-3,6-7,10-11H,5,9,12H2,(H2,17,20)(H,18,21). The van der Waals surface area contributed by atoms with Crippen molar-refractivity contribution in [1.29, 1.82) is 0 Å². The highest BCUT2D eigenvalue weighted by atomic mass is 16.5. The zero-order chi connectivity index (χ0) is 15.6. The summed E-state index contributed by atoms with van der Waals surface area (Å²) in [6, 6.07) is 9.49. The van der Waals surface area contributed by atoms with Crippen LogP contribution >= 0.6 is 0 Å². The van der Waals surface area contributed by atoms with Crippen molar-refractivity contribution in [3.05, 3.63) is 54.0 Å². The number of rotatable bonds is 4. The molecule has 0 saturated carbocycles. The summed E-state index contributed by atoms with van der Waals surface area (Å²) in [4.78, 5) is 19.4.